The van der Waals surface area contributed by atoms with Gasteiger partial charge in [-0.05, 0) is 44.1 Å². The Labute approximate surface area is 193 Å². The number of carbonyl (C=O) groups excluding carboxylic acids is 1. The molecule has 1 aromatic carbocycles. The van der Waals surface area contributed by atoms with Crippen LogP contribution in [0, 0.1) is 0 Å². The van der Waals surface area contributed by atoms with Crippen LogP contribution in [0.1, 0.15) is 23.2 Å². The first-order chi connectivity index (χ1) is 15.4. The predicted molar refractivity (Wildman–Crippen MR) is 129 cm³/mol. The lowest BCUT2D eigenvalue weighted by Crippen LogP contribution is -2.35. The zero-order valence-corrected chi connectivity index (χ0v) is 19.5. The first kappa shape index (κ1) is 21.1. The molecule has 10 heteroatoms. The van der Waals surface area contributed by atoms with Crippen molar-refractivity contribution in [1.29, 1.82) is 0 Å². The van der Waals surface area contributed by atoms with Gasteiger partial charge >= 0.3 is 0 Å². The number of carbonyl (C=O) groups is 1. The average Bonchev–Trinajstić information content (AvgIpc) is 3.41. The van der Waals surface area contributed by atoms with E-state index in [1.165, 1.54) is 30.4 Å². The van der Waals surface area contributed by atoms with Crippen molar-refractivity contribution in [3.8, 4) is 0 Å². The number of hydrogen-bond acceptors (Lipinski definition) is 7. The van der Waals surface area contributed by atoms with Crippen molar-refractivity contribution in [2.24, 2.45) is 0 Å². The second kappa shape index (κ2) is 8.31. The number of likely N-dealkylation sites (tertiary alicyclic amines) is 1. The Morgan fingerprint density at radius 1 is 1.28 bits per heavy atom. The molecule has 0 spiro atoms. The maximum absolute atomic E-state index is 13.4. The summed E-state index contributed by atoms with van der Waals surface area (Å²) >= 11 is 7.66. The number of rotatable bonds is 5. The van der Waals surface area contributed by atoms with Crippen molar-refractivity contribution in [2.45, 2.75) is 12.8 Å². The zero-order valence-electron chi connectivity index (χ0n) is 17.9. The monoisotopic (exact) mass is 470 g/mol. The molecule has 166 valence electrons. The lowest BCUT2D eigenvalue weighted by Gasteiger charge is -2.15. The van der Waals surface area contributed by atoms with Crippen LogP contribution in [-0.4, -0.2) is 65.5 Å². The second-order valence-electron chi connectivity index (χ2n) is 8.17. The van der Waals surface area contributed by atoms with E-state index in [1.807, 2.05) is 30.6 Å². The molecular weight excluding hydrogens is 448 g/mol. The molecule has 0 unspecified atom stereocenters. The zero-order chi connectivity index (χ0) is 22.4. The molecule has 0 bridgehead atoms. The van der Waals surface area contributed by atoms with E-state index in [1.54, 1.807) is 11.0 Å². The predicted octanol–water partition coefficient (Wildman–Crippen LogP) is 3.00. The SMILES string of the molecule is CN(C)c1ncc2c(=O)c(C(=O)NCCN3CCCC3)c3sc4ccc(Cl)cc4n3c2n1. The smallest absolute Gasteiger partial charge is 0.258 e. The second-order valence-corrected chi connectivity index (χ2v) is 9.63. The minimum atomic E-state index is -0.372. The van der Waals surface area contributed by atoms with Crippen molar-refractivity contribution in [1.82, 2.24) is 24.6 Å². The Balaban J connectivity index is 1.68. The van der Waals surface area contributed by atoms with Crippen molar-refractivity contribution in [2.75, 3.05) is 45.2 Å². The normalized spacial score (nSPS) is 14.6. The minimum absolute atomic E-state index is 0.123. The van der Waals surface area contributed by atoms with Gasteiger partial charge in [0.1, 0.15) is 10.4 Å². The van der Waals surface area contributed by atoms with Crippen LogP contribution in [0.3, 0.4) is 0 Å². The molecule has 0 radical (unpaired) electrons. The number of hydrogen-bond donors (Lipinski definition) is 1. The maximum Gasteiger partial charge on any atom is 0.258 e. The number of aromatic nitrogens is 3. The highest BCUT2D eigenvalue weighted by atomic mass is 35.5. The molecule has 3 aromatic heterocycles. The fourth-order valence-electron chi connectivity index (χ4n) is 4.15. The highest BCUT2D eigenvalue weighted by Crippen LogP contribution is 2.32. The molecule has 1 fully saturated rings. The van der Waals surface area contributed by atoms with Gasteiger partial charge in [0.2, 0.25) is 11.4 Å². The molecule has 0 saturated carbocycles. The summed E-state index contributed by atoms with van der Waals surface area (Å²) in [6.07, 6.45) is 3.89. The molecule has 0 atom stereocenters. The van der Waals surface area contributed by atoms with E-state index < -0.39 is 0 Å². The summed E-state index contributed by atoms with van der Waals surface area (Å²) in [5.74, 6) is 0.109. The van der Waals surface area contributed by atoms with Crippen LogP contribution in [-0.2, 0) is 0 Å². The maximum atomic E-state index is 13.4. The quantitative estimate of drug-likeness (QED) is 0.483. The Kier molecular flexibility index (Phi) is 5.48. The number of fused-ring (bicyclic) bond motifs is 5. The fraction of sp³-hybridized carbons (Fsp3) is 0.364. The van der Waals surface area contributed by atoms with Gasteiger partial charge in [0.05, 0.1) is 15.6 Å². The third-order valence-electron chi connectivity index (χ3n) is 5.76. The molecule has 4 aromatic rings. The van der Waals surface area contributed by atoms with E-state index in [0.717, 1.165) is 29.9 Å². The van der Waals surface area contributed by atoms with E-state index >= 15 is 0 Å². The van der Waals surface area contributed by atoms with Gasteiger partial charge in [0.15, 0.2) is 5.65 Å². The van der Waals surface area contributed by atoms with Crippen LogP contribution in [0.5, 0.6) is 0 Å². The molecule has 8 nitrogen and oxygen atoms in total. The summed E-state index contributed by atoms with van der Waals surface area (Å²) in [6.45, 7) is 3.39. The van der Waals surface area contributed by atoms with E-state index in [2.05, 4.69) is 20.2 Å². The Bertz CT molecular complexity index is 1410. The lowest BCUT2D eigenvalue weighted by molar-refractivity contribution is 0.0950. The number of nitrogens with one attached hydrogen (secondary N) is 1. The van der Waals surface area contributed by atoms with E-state index in [9.17, 15) is 9.59 Å². The fourth-order valence-corrected chi connectivity index (χ4v) is 5.48. The van der Waals surface area contributed by atoms with Crippen LogP contribution in [0.2, 0.25) is 5.02 Å². The number of pyridine rings is 1. The summed E-state index contributed by atoms with van der Waals surface area (Å²) < 4.78 is 2.77. The van der Waals surface area contributed by atoms with Gasteiger partial charge in [-0.2, -0.15) is 4.98 Å². The minimum Gasteiger partial charge on any atom is -0.351 e. The van der Waals surface area contributed by atoms with Gasteiger partial charge in [-0.1, -0.05) is 11.6 Å². The number of halogens is 1. The van der Waals surface area contributed by atoms with Crippen molar-refractivity contribution < 1.29 is 4.79 Å². The van der Waals surface area contributed by atoms with Gasteiger partial charge < -0.3 is 15.1 Å². The largest absolute Gasteiger partial charge is 0.351 e. The molecule has 5 rings (SSSR count). The molecule has 1 amide bonds. The van der Waals surface area contributed by atoms with Crippen LogP contribution >= 0.6 is 22.9 Å². The first-order valence-electron chi connectivity index (χ1n) is 10.6. The first-order valence-corrected chi connectivity index (χ1v) is 11.7. The van der Waals surface area contributed by atoms with Crippen molar-refractivity contribution in [3.05, 3.63) is 45.2 Å². The van der Waals surface area contributed by atoms with E-state index in [-0.39, 0.29) is 16.9 Å². The summed E-state index contributed by atoms with van der Waals surface area (Å²) in [7, 11) is 3.68. The third-order valence-corrected chi connectivity index (χ3v) is 7.14. The van der Waals surface area contributed by atoms with Gasteiger partial charge in [-0.3, -0.25) is 14.0 Å². The number of anilines is 1. The Morgan fingerprint density at radius 2 is 2.06 bits per heavy atom. The summed E-state index contributed by atoms with van der Waals surface area (Å²) in [5, 5.41) is 3.82. The Morgan fingerprint density at radius 3 is 2.81 bits per heavy atom. The van der Waals surface area contributed by atoms with Gasteiger partial charge in [0, 0.05) is 38.4 Å². The molecule has 1 N–H and O–H groups in total. The molecule has 1 aliphatic rings. The number of amides is 1. The topological polar surface area (TPSA) is 82.8 Å². The van der Waals surface area contributed by atoms with Crippen LogP contribution in [0.25, 0.3) is 26.1 Å². The number of benzene rings is 1. The molecule has 1 saturated heterocycles. The number of nitrogens with zero attached hydrogens (tertiary/aromatic N) is 5. The third kappa shape index (κ3) is 3.60. The Hall–Kier alpha value is -2.75. The van der Waals surface area contributed by atoms with Crippen molar-refractivity contribution >= 4 is 60.9 Å². The van der Waals surface area contributed by atoms with Gasteiger partial charge in [-0.25, -0.2) is 4.98 Å². The molecule has 4 heterocycles. The summed E-state index contributed by atoms with van der Waals surface area (Å²) in [5.41, 5.74) is 1.03. The molecule has 0 aliphatic carbocycles. The van der Waals surface area contributed by atoms with Gasteiger partial charge in [-0.15, -0.1) is 11.3 Å². The highest BCUT2D eigenvalue weighted by molar-refractivity contribution is 7.24. The highest BCUT2D eigenvalue weighted by Gasteiger charge is 2.23. The average molecular weight is 471 g/mol. The van der Waals surface area contributed by atoms with Crippen LogP contribution < -0.4 is 15.6 Å². The molecule has 1 aliphatic heterocycles. The number of thiazole rings is 1. The van der Waals surface area contributed by atoms with E-state index in [0.29, 0.717) is 33.4 Å². The van der Waals surface area contributed by atoms with Crippen LogP contribution in [0.15, 0.2) is 29.2 Å². The molecular formula is C22H23ClN6O2S. The summed E-state index contributed by atoms with van der Waals surface area (Å²) in [6, 6.07) is 5.53. The summed E-state index contributed by atoms with van der Waals surface area (Å²) in [4.78, 5) is 40.2. The standard InChI is InChI=1S/C22H23ClN6O2S/c1-27(2)22-25-12-14-18(30)17(20(31)24-7-10-28-8-3-4-9-28)21-29(19(14)26-22)15-11-13(23)5-6-16(15)32-21/h5-6,11-12H,3-4,7-10H2,1-2H3,(H,24,31). The van der Waals surface area contributed by atoms with E-state index in [4.69, 9.17) is 11.6 Å². The lowest BCUT2D eigenvalue weighted by atomic mass is 10.2. The molecule has 32 heavy (non-hydrogen) atoms. The van der Waals surface area contributed by atoms with Gasteiger partial charge in [0.25, 0.3) is 5.91 Å². The van der Waals surface area contributed by atoms with Crippen molar-refractivity contribution in [3.63, 3.8) is 0 Å². The van der Waals surface area contributed by atoms with Crippen LogP contribution in [0.4, 0.5) is 5.95 Å².